The molecule has 1 atom stereocenters. The molecule has 1 aliphatic rings. The van der Waals surface area contributed by atoms with Gasteiger partial charge in [-0.1, -0.05) is 29.3 Å². The maximum Gasteiger partial charge on any atom is 0.347 e. The predicted molar refractivity (Wildman–Crippen MR) is 43.3 cm³/mol. The van der Waals surface area contributed by atoms with Gasteiger partial charge in [-0.25, -0.2) is 9.79 Å². The highest BCUT2D eigenvalue weighted by molar-refractivity contribution is 6.69. The molecule has 0 aromatic carbocycles. The summed E-state index contributed by atoms with van der Waals surface area (Å²) in [6.45, 7) is 0. The summed E-state index contributed by atoms with van der Waals surface area (Å²) in [4.78, 5) is 12.5. The molecule has 1 N–H and O–H groups in total. The summed E-state index contributed by atoms with van der Waals surface area (Å²) in [6.07, 6.45) is 3.27. The number of carboxylic acids is 1. The van der Waals surface area contributed by atoms with Crippen molar-refractivity contribution in [1.29, 1.82) is 0 Å². The van der Waals surface area contributed by atoms with Gasteiger partial charge in [0.15, 0.2) is 0 Å². The fourth-order valence-corrected chi connectivity index (χ4v) is 1.16. The van der Waals surface area contributed by atoms with Crippen molar-refractivity contribution in [3.63, 3.8) is 0 Å². The fraction of sp³-hybridized carbons (Fsp3) is 0.333. The van der Waals surface area contributed by atoms with E-state index in [-0.39, 0.29) is 11.6 Å². The molecule has 0 amide bonds. The van der Waals surface area contributed by atoms with Crippen molar-refractivity contribution < 1.29 is 9.90 Å². The van der Waals surface area contributed by atoms with E-state index in [4.69, 9.17) is 28.3 Å². The van der Waals surface area contributed by atoms with Crippen LogP contribution in [0, 0.1) is 0 Å². The fourth-order valence-electron chi connectivity index (χ4n) is 0.700. The van der Waals surface area contributed by atoms with Gasteiger partial charge in [-0.3, -0.25) is 0 Å². The summed E-state index contributed by atoms with van der Waals surface area (Å²) in [5, 5.41) is 8.70. The maximum absolute atomic E-state index is 10.5. The van der Waals surface area contributed by atoms with E-state index in [0.29, 0.717) is 0 Å². The van der Waals surface area contributed by atoms with E-state index in [2.05, 4.69) is 4.99 Å². The van der Waals surface area contributed by atoms with Crippen LogP contribution in [0.3, 0.4) is 0 Å². The van der Waals surface area contributed by atoms with E-state index in [1.54, 1.807) is 6.08 Å². The second-order valence-electron chi connectivity index (χ2n) is 2.11. The van der Waals surface area contributed by atoms with Crippen LogP contribution >= 0.6 is 23.2 Å². The van der Waals surface area contributed by atoms with Crippen molar-refractivity contribution in [3.05, 3.63) is 12.2 Å². The SMILES string of the molecule is O=C(O)C1(Cl)CC=CC(Cl)=N1. The molecule has 1 aliphatic heterocycles. The van der Waals surface area contributed by atoms with Gasteiger partial charge in [-0.2, -0.15) is 0 Å². The Bertz CT molecular complexity index is 249. The third-order valence-corrected chi connectivity index (χ3v) is 1.87. The van der Waals surface area contributed by atoms with Gasteiger partial charge in [0.25, 0.3) is 0 Å². The zero-order chi connectivity index (χ0) is 8.48. The lowest BCUT2D eigenvalue weighted by atomic mass is 10.1. The average molecular weight is 194 g/mol. The Labute approximate surface area is 73.3 Å². The lowest BCUT2D eigenvalue weighted by Gasteiger charge is -2.17. The second-order valence-corrected chi connectivity index (χ2v) is 3.12. The number of rotatable bonds is 1. The van der Waals surface area contributed by atoms with Crippen LogP contribution in [0.4, 0.5) is 0 Å². The van der Waals surface area contributed by atoms with Crippen LogP contribution in [0.5, 0.6) is 0 Å². The Balaban J connectivity index is 2.92. The molecule has 0 aliphatic carbocycles. The first kappa shape index (κ1) is 8.56. The van der Waals surface area contributed by atoms with Crippen molar-refractivity contribution in [2.75, 3.05) is 0 Å². The van der Waals surface area contributed by atoms with Gasteiger partial charge >= 0.3 is 5.97 Å². The summed E-state index contributed by atoms with van der Waals surface area (Å²) >= 11 is 11.0. The average Bonchev–Trinajstić information content (AvgIpc) is 1.86. The number of carbonyl (C=O) groups is 1. The lowest BCUT2D eigenvalue weighted by molar-refractivity contribution is -0.139. The number of halogens is 2. The third kappa shape index (κ3) is 1.73. The van der Waals surface area contributed by atoms with E-state index in [9.17, 15) is 4.79 Å². The summed E-state index contributed by atoms with van der Waals surface area (Å²) in [6, 6.07) is 0. The minimum absolute atomic E-state index is 0.119. The number of allylic oxidation sites excluding steroid dienone is 1. The van der Waals surface area contributed by atoms with E-state index in [0.717, 1.165) is 0 Å². The van der Waals surface area contributed by atoms with Gasteiger partial charge in [-0.05, 0) is 6.08 Å². The van der Waals surface area contributed by atoms with Crippen LogP contribution in [-0.4, -0.2) is 21.2 Å². The number of carboxylic acid groups (broad SMARTS) is 1. The zero-order valence-corrected chi connectivity index (χ0v) is 6.93. The highest BCUT2D eigenvalue weighted by Gasteiger charge is 2.36. The van der Waals surface area contributed by atoms with Crippen molar-refractivity contribution >= 4 is 34.3 Å². The van der Waals surface area contributed by atoms with Crippen LogP contribution in [-0.2, 0) is 4.79 Å². The number of hydrogen-bond acceptors (Lipinski definition) is 2. The summed E-state index contributed by atoms with van der Waals surface area (Å²) in [5.41, 5.74) is 0. The van der Waals surface area contributed by atoms with Crippen LogP contribution < -0.4 is 0 Å². The Kier molecular flexibility index (Phi) is 2.20. The molecule has 0 radical (unpaired) electrons. The molecule has 11 heavy (non-hydrogen) atoms. The largest absolute Gasteiger partial charge is 0.479 e. The molecule has 0 saturated carbocycles. The molecule has 0 bridgehead atoms. The van der Waals surface area contributed by atoms with E-state index >= 15 is 0 Å². The Morgan fingerprint density at radius 1 is 1.82 bits per heavy atom. The molecule has 0 aromatic heterocycles. The van der Waals surface area contributed by atoms with Crippen LogP contribution in [0.2, 0.25) is 0 Å². The number of alkyl halides is 1. The topological polar surface area (TPSA) is 49.7 Å². The van der Waals surface area contributed by atoms with Crippen LogP contribution in [0.15, 0.2) is 17.1 Å². The van der Waals surface area contributed by atoms with E-state index in [1.807, 2.05) is 0 Å². The predicted octanol–water partition coefficient (Wildman–Crippen LogP) is 1.60. The number of dihydropyridines is 1. The summed E-state index contributed by atoms with van der Waals surface area (Å²) in [5.74, 6) is -1.18. The number of nitrogens with zero attached hydrogens (tertiary/aromatic N) is 1. The smallest absolute Gasteiger partial charge is 0.347 e. The standard InChI is InChI=1S/C6H5Cl2NO2/c7-4-2-1-3-6(8,9-4)5(10)11/h1-2H,3H2,(H,10,11). The lowest BCUT2D eigenvalue weighted by Crippen LogP contribution is -2.31. The first-order valence-corrected chi connectivity index (χ1v) is 3.64. The van der Waals surface area contributed by atoms with Gasteiger partial charge in [-0.15, -0.1) is 0 Å². The molecule has 0 fully saturated rings. The number of aliphatic imine (C=N–C) groups is 1. The molecule has 0 aromatic rings. The molecule has 5 heteroatoms. The minimum Gasteiger partial charge on any atom is -0.479 e. The first-order chi connectivity index (χ1) is 5.04. The van der Waals surface area contributed by atoms with Gasteiger partial charge in [0.1, 0.15) is 5.17 Å². The van der Waals surface area contributed by atoms with Crippen molar-refractivity contribution in [2.45, 2.75) is 11.4 Å². The maximum atomic E-state index is 10.5. The van der Waals surface area contributed by atoms with Crippen molar-refractivity contribution in [2.24, 2.45) is 4.99 Å². The van der Waals surface area contributed by atoms with Crippen LogP contribution in [0.1, 0.15) is 6.42 Å². The van der Waals surface area contributed by atoms with Gasteiger partial charge in [0, 0.05) is 6.42 Å². The number of hydrogen-bond donors (Lipinski definition) is 1. The number of aliphatic carboxylic acids is 1. The van der Waals surface area contributed by atoms with E-state index < -0.39 is 11.0 Å². The normalized spacial score (nSPS) is 29.8. The van der Waals surface area contributed by atoms with Crippen molar-refractivity contribution in [1.82, 2.24) is 0 Å². The molecule has 1 heterocycles. The highest BCUT2D eigenvalue weighted by Crippen LogP contribution is 2.26. The molecule has 1 rings (SSSR count). The molecule has 0 saturated heterocycles. The molecular formula is C6H5Cl2NO2. The summed E-state index contributed by atoms with van der Waals surface area (Å²) < 4.78 is 0. The third-order valence-electron chi connectivity index (χ3n) is 1.26. The quantitative estimate of drug-likeness (QED) is 0.509. The first-order valence-electron chi connectivity index (χ1n) is 2.89. The zero-order valence-electron chi connectivity index (χ0n) is 5.42. The monoisotopic (exact) mass is 193 g/mol. The minimum atomic E-state index is -1.59. The van der Waals surface area contributed by atoms with Crippen molar-refractivity contribution in [3.8, 4) is 0 Å². The van der Waals surface area contributed by atoms with Gasteiger partial charge in [0.05, 0.1) is 0 Å². The molecule has 3 nitrogen and oxygen atoms in total. The summed E-state index contributed by atoms with van der Waals surface area (Å²) in [7, 11) is 0. The Morgan fingerprint density at radius 2 is 2.45 bits per heavy atom. The Hall–Kier alpha value is -0.540. The van der Waals surface area contributed by atoms with E-state index in [1.165, 1.54) is 6.08 Å². The molecular weight excluding hydrogens is 189 g/mol. The van der Waals surface area contributed by atoms with Crippen LogP contribution in [0.25, 0.3) is 0 Å². The molecule has 1 unspecified atom stereocenters. The second kappa shape index (κ2) is 2.83. The molecule has 0 spiro atoms. The van der Waals surface area contributed by atoms with Gasteiger partial charge in [0.2, 0.25) is 5.00 Å². The van der Waals surface area contributed by atoms with Gasteiger partial charge < -0.3 is 5.11 Å². The Morgan fingerprint density at radius 3 is 2.82 bits per heavy atom. The molecule has 60 valence electrons. The highest BCUT2D eigenvalue weighted by atomic mass is 35.5.